The number of carbonyl (C=O) groups excluding carboxylic acids is 1. The van der Waals surface area contributed by atoms with Crippen molar-refractivity contribution in [1.29, 1.82) is 0 Å². The van der Waals surface area contributed by atoms with Crippen molar-refractivity contribution in [3.8, 4) is 0 Å². The van der Waals surface area contributed by atoms with Crippen molar-refractivity contribution in [3.05, 3.63) is 42.2 Å². The van der Waals surface area contributed by atoms with E-state index in [1.165, 1.54) is 18.2 Å². The Kier molecular flexibility index (Phi) is 5.87. The van der Waals surface area contributed by atoms with Crippen LogP contribution in [0.25, 0.3) is 0 Å². The summed E-state index contributed by atoms with van der Waals surface area (Å²) in [4.78, 5) is 11.6. The van der Waals surface area contributed by atoms with Gasteiger partial charge in [0.1, 0.15) is 5.82 Å². The predicted molar refractivity (Wildman–Crippen MR) is 68.8 cm³/mol. The van der Waals surface area contributed by atoms with E-state index in [0.717, 1.165) is 6.42 Å². The normalized spacial score (nSPS) is 10.1. The highest BCUT2D eigenvalue weighted by molar-refractivity contribution is 5.94. The number of hydrogen-bond donors (Lipinski definition) is 2. The number of rotatable bonds is 7. The number of nitrogens with two attached hydrogens (primary N) is 1. The second-order valence-electron chi connectivity index (χ2n) is 3.68. The second kappa shape index (κ2) is 7.45. The lowest BCUT2D eigenvalue weighted by Gasteiger charge is -2.06. The zero-order valence-electron chi connectivity index (χ0n) is 10.1. The van der Waals surface area contributed by atoms with Crippen molar-refractivity contribution >= 4 is 11.6 Å². The Morgan fingerprint density at radius 3 is 2.94 bits per heavy atom. The van der Waals surface area contributed by atoms with Gasteiger partial charge < -0.3 is 15.8 Å². The molecule has 0 atom stereocenters. The van der Waals surface area contributed by atoms with Crippen LogP contribution in [0.2, 0.25) is 0 Å². The molecule has 0 unspecified atom stereocenters. The molecular weight excluding hydrogens is 235 g/mol. The maximum Gasteiger partial charge on any atom is 0.251 e. The lowest BCUT2D eigenvalue weighted by Crippen LogP contribution is -2.27. The highest BCUT2D eigenvalue weighted by atomic mass is 19.1. The van der Waals surface area contributed by atoms with Crippen LogP contribution in [0.3, 0.4) is 0 Å². The molecule has 0 aliphatic carbocycles. The molecule has 0 aliphatic heterocycles. The van der Waals surface area contributed by atoms with Gasteiger partial charge in [0.05, 0.1) is 18.9 Å². The molecule has 4 nitrogen and oxygen atoms in total. The minimum absolute atomic E-state index is 0.0371. The van der Waals surface area contributed by atoms with Gasteiger partial charge in [0.2, 0.25) is 0 Å². The van der Waals surface area contributed by atoms with E-state index < -0.39 is 5.82 Å². The van der Waals surface area contributed by atoms with E-state index in [1.807, 2.05) is 0 Å². The van der Waals surface area contributed by atoms with Gasteiger partial charge in [-0.25, -0.2) is 4.39 Å². The van der Waals surface area contributed by atoms with Crippen molar-refractivity contribution in [2.75, 3.05) is 25.5 Å². The fourth-order valence-electron chi connectivity index (χ4n) is 1.29. The number of nitrogen functional groups attached to an aromatic ring is 1. The minimum atomic E-state index is -0.528. The van der Waals surface area contributed by atoms with Crippen LogP contribution >= 0.6 is 0 Å². The number of amides is 1. The van der Waals surface area contributed by atoms with Crippen molar-refractivity contribution in [1.82, 2.24) is 5.32 Å². The first kappa shape index (κ1) is 14.2. The van der Waals surface area contributed by atoms with Crippen LogP contribution in [-0.4, -0.2) is 25.7 Å². The van der Waals surface area contributed by atoms with Crippen molar-refractivity contribution in [2.45, 2.75) is 6.42 Å². The molecule has 5 heteroatoms. The predicted octanol–water partition coefficient (Wildman–Crippen LogP) is 1.73. The largest absolute Gasteiger partial charge is 0.396 e. The summed E-state index contributed by atoms with van der Waals surface area (Å²) in [5.41, 5.74) is 5.68. The maximum absolute atomic E-state index is 12.9. The van der Waals surface area contributed by atoms with E-state index in [9.17, 15) is 9.18 Å². The van der Waals surface area contributed by atoms with Crippen LogP contribution < -0.4 is 11.1 Å². The third-order valence-electron chi connectivity index (χ3n) is 2.26. The zero-order chi connectivity index (χ0) is 13.4. The molecule has 1 rings (SSSR count). The third kappa shape index (κ3) is 4.55. The zero-order valence-corrected chi connectivity index (χ0v) is 10.1. The average Bonchev–Trinajstić information content (AvgIpc) is 2.36. The molecule has 1 aromatic carbocycles. The van der Waals surface area contributed by atoms with Gasteiger partial charge in [0.25, 0.3) is 5.91 Å². The molecule has 0 bridgehead atoms. The lowest BCUT2D eigenvalue weighted by molar-refractivity contribution is 0.0918. The summed E-state index contributed by atoms with van der Waals surface area (Å²) in [6.45, 7) is 4.98. The Balaban J connectivity index is 2.32. The minimum Gasteiger partial charge on any atom is -0.396 e. The monoisotopic (exact) mass is 252 g/mol. The van der Waals surface area contributed by atoms with Gasteiger partial charge in [-0.15, -0.1) is 6.58 Å². The van der Waals surface area contributed by atoms with Crippen molar-refractivity contribution in [3.63, 3.8) is 0 Å². The Morgan fingerprint density at radius 1 is 1.50 bits per heavy atom. The summed E-state index contributed by atoms with van der Waals surface area (Å²) in [7, 11) is 0. The molecule has 18 heavy (non-hydrogen) atoms. The van der Waals surface area contributed by atoms with Gasteiger partial charge >= 0.3 is 0 Å². The van der Waals surface area contributed by atoms with Crippen LogP contribution in [0, 0.1) is 5.82 Å². The fourth-order valence-corrected chi connectivity index (χ4v) is 1.29. The van der Waals surface area contributed by atoms with Crippen LogP contribution in [-0.2, 0) is 4.74 Å². The Labute approximate surface area is 106 Å². The summed E-state index contributed by atoms with van der Waals surface area (Å²) in [5.74, 6) is -0.826. The molecule has 0 aliphatic rings. The van der Waals surface area contributed by atoms with E-state index in [0.29, 0.717) is 25.3 Å². The molecule has 0 radical (unpaired) electrons. The Bertz CT molecular complexity index is 421. The molecule has 3 N–H and O–H groups in total. The van der Waals surface area contributed by atoms with E-state index in [-0.39, 0.29) is 11.6 Å². The number of anilines is 1. The highest BCUT2D eigenvalue weighted by Crippen LogP contribution is 2.11. The molecule has 0 saturated carbocycles. The van der Waals surface area contributed by atoms with Crippen LogP contribution in [0.15, 0.2) is 30.9 Å². The highest BCUT2D eigenvalue weighted by Gasteiger charge is 2.07. The third-order valence-corrected chi connectivity index (χ3v) is 2.26. The molecule has 98 valence electrons. The summed E-state index contributed by atoms with van der Waals surface area (Å²) < 4.78 is 18.1. The topological polar surface area (TPSA) is 64.3 Å². The van der Waals surface area contributed by atoms with E-state index >= 15 is 0 Å². The number of nitrogens with one attached hydrogen (secondary N) is 1. The summed E-state index contributed by atoms with van der Waals surface area (Å²) in [6.07, 6.45) is 2.54. The van der Waals surface area contributed by atoms with E-state index in [1.54, 1.807) is 6.08 Å². The number of carbonyl (C=O) groups is 1. The maximum atomic E-state index is 12.9. The van der Waals surface area contributed by atoms with Crippen molar-refractivity contribution < 1.29 is 13.9 Å². The van der Waals surface area contributed by atoms with Crippen LogP contribution in [0.5, 0.6) is 0 Å². The number of ether oxygens (including phenoxy) is 1. The number of halogens is 1. The van der Waals surface area contributed by atoms with Crippen LogP contribution in [0.1, 0.15) is 16.8 Å². The summed E-state index contributed by atoms with van der Waals surface area (Å²) in [6, 6.07) is 3.87. The molecule has 0 aromatic heterocycles. The SMILES string of the molecule is C=CCCOCCNC(=O)c1ccc(F)c(N)c1. The lowest BCUT2D eigenvalue weighted by atomic mass is 10.2. The molecule has 1 amide bonds. The Morgan fingerprint density at radius 2 is 2.28 bits per heavy atom. The van der Waals surface area contributed by atoms with Crippen LogP contribution in [0.4, 0.5) is 10.1 Å². The first-order valence-electron chi connectivity index (χ1n) is 5.67. The quantitative estimate of drug-likeness (QED) is 0.441. The number of hydrogen-bond acceptors (Lipinski definition) is 3. The summed E-state index contributed by atoms with van der Waals surface area (Å²) in [5, 5.41) is 2.65. The fraction of sp³-hybridized carbons (Fsp3) is 0.308. The van der Waals surface area contributed by atoms with Gasteiger partial charge in [-0.05, 0) is 24.6 Å². The first-order valence-corrected chi connectivity index (χ1v) is 5.67. The second-order valence-corrected chi connectivity index (χ2v) is 3.68. The molecule has 0 saturated heterocycles. The Hall–Kier alpha value is -1.88. The van der Waals surface area contributed by atoms with Gasteiger partial charge in [-0.2, -0.15) is 0 Å². The average molecular weight is 252 g/mol. The molecular formula is C13H17FN2O2. The standard InChI is InChI=1S/C13H17FN2O2/c1-2-3-7-18-8-6-16-13(17)10-4-5-11(14)12(15)9-10/h2,4-5,9H,1,3,6-8,15H2,(H,16,17). The van der Waals surface area contributed by atoms with E-state index in [4.69, 9.17) is 10.5 Å². The number of benzene rings is 1. The molecule has 1 aromatic rings. The molecule has 0 heterocycles. The van der Waals surface area contributed by atoms with E-state index in [2.05, 4.69) is 11.9 Å². The van der Waals surface area contributed by atoms with Gasteiger partial charge in [0.15, 0.2) is 0 Å². The molecule has 0 spiro atoms. The summed E-state index contributed by atoms with van der Waals surface area (Å²) >= 11 is 0. The van der Waals surface area contributed by atoms with Gasteiger partial charge in [-0.1, -0.05) is 6.08 Å². The van der Waals surface area contributed by atoms with Crippen molar-refractivity contribution in [2.24, 2.45) is 0 Å². The molecule has 0 fully saturated rings. The first-order chi connectivity index (χ1) is 8.65. The van der Waals surface area contributed by atoms with Gasteiger partial charge in [0, 0.05) is 12.1 Å². The smallest absolute Gasteiger partial charge is 0.251 e. The van der Waals surface area contributed by atoms with Gasteiger partial charge in [-0.3, -0.25) is 4.79 Å².